The molecule has 45 heavy (non-hydrogen) atoms. The summed E-state index contributed by atoms with van der Waals surface area (Å²) in [4.78, 5) is 27.2. The van der Waals surface area contributed by atoms with Crippen molar-refractivity contribution in [1.82, 2.24) is 24.9 Å². The van der Waals surface area contributed by atoms with Gasteiger partial charge in [0.2, 0.25) is 5.91 Å². The quantitative estimate of drug-likeness (QED) is 0.226. The number of rotatable bonds is 13. The van der Waals surface area contributed by atoms with Crippen LogP contribution in [0.5, 0.6) is 0 Å². The summed E-state index contributed by atoms with van der Waals surface area (Å²) in [6, 6.07) is 15.6. The molecule has 2 aromatic rings. The van der Waals surface area contributed by atoms with Gasteiger partial charge in [0, 0.05) is 37.7 Å². The Morgan fingerprint density at radius 3 is 2.53 bits per heavy atom. The number of likely N-dealkylation sites (N-methyl/N-ethyl adjacent to an activating group) is 1. The molecule has 248 valence electrons. The molecule has 0 aliphatic carbocycles. The number of nitrogens with one attached hydrogen (secondary N) is 1. The molecule has 1 amide bonds. The van der Waals surface area contributed by atoms with Gasteiger partial charge < -0.3 is 30.3 Å². The van der Waals surface area contributed by atoms with E-state index in [1.54, 1.807) is 0 Å². The number of nitrogens with two attached hydrogens (primary N) is 1. The molecular weight excluding hydrogens is 590 g/mol. The van der Waals surface area contributed by atoms with Crippen molar-refractivity contribution in [2.45, 2.75) is 76.2 Å². The first-order valence-corrected chi connectivity index (χ1v) is 16.4. The Bertz CT molecular complexity index is 1290. The van der Waals surface area contributed by atoms with E-state index in [9.17, 15) is 9.90 Å². The fourth-order valence-corrected chi connectivity index (χ4v) is 6.42. The summed E-state index contributed by atoms with van der Waals surface area (Å²) < 4.78 is 6.49. The van der Waals surface area contributed by atoms with Crippen LogP contribution in [0, 0.1) is 0 Å². The number of piperazine rings is 1. The average Bonchev–Trinajstić information content (AvgIpc) is 3.34. The maximum atomic E-state index is 14.2. The first-order valence-electron chi connectivity index (χ1n) is 16.0. The summed E-state index contributed by atoms with van der Waals surface area (Å²) in [6.45, 7) is 7.25. The van der Waals surface area contributed by atoms with Gasteiger partial charge in [0.1, 0.15) is 11.8 Å². The van der Waals surface area contributed by atoms with Crippen molar-refractivity contribution in [2.24, 2.45) is 10.7 Å². The van der Waals surface area contributed by atoms with E-state index in [-0.39, 0.29) is 18.1 Å². The maximum absolute atomic E-state index is 14.2. The van der Waals surface area contributed by atoms with E-state index in [0.29, 0.717) is 43.8 Å². The van der Waals surface area contributed by atoms with E-state index in [1.165, 1.54) is 0 Å². The number of aliphatic hydroxyl groups excluding tert-OH is 1. The van der Waals surface area contributed by atoms with Crippen molar-refractivity contribution in [3.05, 3.63) is 70.2 Å². The molecule has 10 nitrogen and oxygen atoms in total. The van der Waals surface area contributed by atoms with Crippen LogP contribution in [0.3, 0.4) is 0 Å². The summed E-state index contributed by atoms with van der Waals surface area (Å²) in [6.07, 6.45) is 1.49. The smallest absolute Gasteiger partial charge is 0.288 e. The van der Waals surface area contributed by atoms with Crippen molar-refractivity contribution in [2.75, 3.05) is 54.4 Å². The topological polar surface area (TPSA) is 110 Å². The lowest BCUT2D eigenvalue weighted by atomic mass is 9.93. The molecule has 0 radical (unpaired) electrons. The van der Waals surface area contributed by atoms with Gasteiger partial charge in [0.15, 0.2) is 6.10 Å². The third kappa shape index (κ3) is 8.96. The molecule has 4 rings (SSSR count). The monoisotopic (exact) mass is 641 g/mol. The molecule has 11 heteroatoms. The van der Waals surface area contributed by atoms with Gasteiger partial charge in [-0.2, -0.15) is 0 Å². The molecule has 0 saturated carbocycles. The number of aliphatic imine (C=N–C) groups is 1. The van der Waals surface area contributed by atoms with Crippen molar-refractivity contribution >= 4 is 23.5 Å². The van der Waals surface area contributed by atoms with E-state index in [0.717, 1.165) is 42.5 Å². The van der Waals surface area contributed by atoms with Crippen LogP contribution in [-0.2, 0) is 22.6 Å². The van der Waals surface area contributed by atoms with E-state index in [4.69, 9.17) is 27.1 Å². The van der Waals surface area contributed by atoms with Gasteiger partial charge in [0.05, 0.1) is 12.1 Å². The lowest BCUT2D eigenvalue weighted by Gasteiger charge is -2.45. The highest BCUT2D eigenvalue weighted by Crippen LogP contribution is 2.38. The van der Waals surface area contributed by atoms with Gasteiger partial charge in [-0.05, 0) is 84.2 Å². The van der Waals surface area contributed by atoms with Crippen LogP contribution in [0.25, 0.3) is 0 Å². The molecule has 2 aliphatic heterocycles. The number of benzene rings is 2. The van der Waals surface area contributed by atoms with Crippen LogP contribution < -0.4 is 11.1 Å². The Balaban J connectivity index is 1.53. The molecule has 0 bridgehead atoms. The predicted molar refractivity (Wildman–Crippen MR) is 181 cm³/mol. The minimum Gasteiger partial charge on any atom is -0.454 e. The second-order valence-corrected chi connectivity index (χ2v) is 13.6. The van der Waals surface area contributed by atoms with E-state index >= 15 is 0 Å². The number of nitrogens with zero attached hydrogens (tertiary/aromatic N) is 5. The summed E-state index contributed by atoms with van der Waals surface area (Å²) in [5.74, 6) is 0.0301. The van der Waals surface area contributed by atoms with Crippen LogP contribution in [0.2, 0.25) is 5.02 Å². The Morgan fingerprint density at radius 2 is 1.89 bits per heavy atom. The lowest BCUT2D eigenvalue weighted by molar-refractivity contribution is -0.145. The van der Waals surface area contributed by atoms with Crippen molar-refractivity contribution < 1.29 is 14.6 Å². The Hall–Kier alpha value is -2.73. The van der Waals surface area contributed by atoms with E-state index in [1.807, 2.05) is 60.3 Å². The number of hydrogen-bond acceptors (Lipinski definition) is 9. The van der Waals surface area contributed by atoms with E-state index < -0.39 is 17.8 Å². The van der Waals surface area contributed by atoms with Gasteiger partial charge in [-0.3, -0.25) is 15.0 Å². The average molecular weight is 642 g/mol. The van der Waals surface area contributed by atoms with Crippen LogP contribution >= 0.6 is 11.6 Å². The SMILES string of the molecule is CN(C)CCCC[C@H](C(=O)N1CCN(C2=NC(C)(C)C(c3ccccc3)O2)C[C@H]1C(O)NCc1ccc(CN)c(Cl)c1)N(C)C. The van der Waals surface area contributed by atoms with Crippen molar-refractivity contribution in [1.29, 1.82) is 0 Å². The summed E-state index contributed by atoms with van der Waals surface area (Å²) in [5.41, 5.74) is 8.17. The molecule has 4 atom stereocenters. The fourth-order valence-electron chi connectivity index (χ4n) is 6.14. The van der Waals surface area contributed by atoms with Gasteiger partial charge in [-0.25, -0.2) is 4.99 Å². The maximum Gasteiger partial charge on any atom is 0.288 e. The summed E-state index contributed by atoms with van der Waals surface area (Å²) >= 11 is 6.40. The minimum absolute atomic E-state index is 0.0301. The molecule has 0 spiro atoms. The number of aliphatic hydroxyl groups is 1. The van der Waals surface area contributed by atoms with Gasteiger partial charge in [-0.1, -0.05) is 60.5 Å². The molecule has 2 aliphatic rings. The Kier molecular flexibility index (Phi) is 12.3. The third-order valence-corrected chi connectivity index (χ3v) is 9.13. The van der Waals surface area contributed by atoms with Crippen LogP contribution in [0.15, 0.2) is 53.5 Å². The third-order valence-electron chi connectivity index (χ3n) is 8.78. The van der Waals surface area contributed by atoms with Crippen molar-refractivity contribution in [3.63, 3.8) is 0 Å². The first kappa shape index (κ1) is 35.1. The highest BCUT2D eigenvalue weighted by Gasteiger charge is 2.44. The summed E-state index contributed by atoms with van der Waals surface area (Å²) in [5, 5.41) is 15.5. The largest absolute Gasteiger partial charge is 0.454 e. The number of carbonyl (C=O) groups excluding carboxylic acids is 1. The molecule has 2 aromatic carbocycles. The zero-order valence-electron chi connectivity index (χ0n) is 27.7. The zero-order valence-corrected chi connectivity index (χ0v) is 28.5. The number of unbranched alkanes of at least 4 members (excludes halogenated alkanes) is 1. The molecule has 2 unspecified atom stereocenters. The Morgan fingerprint density at radius 1 is 1.16 bits per heavy atom. The molecule has 4 N–H and O–H groups in total. The normalized spacial score (nSPS) is 21.2. The summed E-state index contributed by atoms with van der Waals surface area (Å²) in [7, 11) is 8.04. The Labute approximate surface area is 274 Å². The van der Waals surface area contributed by atoms with Gasteiger partial charge >= 0.3 is 0 Å². The minimum atomic E-state index is -0.999. The van der Waals surface area contributed by atoms with Crippen molar-refractivity contribution in [3.8, 4) is 0 Å². The number of carbonyl (C=O) groups is 1. The van der Waals surface area contributed by atoms with Crippen LogP contribution in [0.1, 0.15) is 55.9 Å². The van der Waals surface area contributed by atoms with E-state index in [2.05, 4.69) is 55.2 Å². The predicted octanol–water partition coefficient (Wildman–Crippen LogP) is 3.29. The highest BCUT2D eigenvalue weighted by molar-refractivity contribution is 6.31. The lowest BCUT2D eigenvalue weighted by Crippen LogP contribution is -2.65. The number of amidine groups is 1. The zero-order chi connectivity index (χ0) is 32.7. The van der Waals surface area contributed by atoms with Crippen LogP contribution in [0.4, 0.5) is 0 Å². The fraction of sp³-hybridized carbons (Fsp3) is 0.588. The van der Waals surface area contributed by atoms with Gasteiger partial charge in [-0.15, -0.1) is 0 Å². The van der Waals surface area contributed by atoms with Gasteiger partial charge in [0.25, 0.3) is 6.02 Å². The number of amides is 1. The standard InChI is InChI=1S/C34H52ClN7O3/c1-34(2)30(25-12-8-7-9-13-25)45-33(38-34)41-18-19-42(32(44)28(40(5)6)14-10-11-17-39(3)4)29(23-41)31(43)37-22-24-15-16-26(21-36)27(35)20-24/h7-9,12-13,15-16,20,28-31,37,43H,10-11,14,17-19,21-23,36H2,1-6H3/t28-,29+,30?,31?/m1/s1. The second-order valence-electron chi connectivity index (χ2n) is 13.2. The number of halogens is 1. The molecular formula is C34H52ClN7O3. The molecule has 2 heterocycles. The molecule has 1 fully saturated rings. The number of ether oxygens (including phenoxy) is 1. The second kappa shape index (κ2) is 15.7. The first-order chi connectivity index (χ1) is 21.4. The highest BCUT2D eigenvalue weighted by atomic mass is 35.5. The molecule has 1 saturated heterocycles. The molecule has 0 aromatic heterocycles. The number of hydrogen-bond donors (Lipinski definition) is 3. The van der Waals surface area contributed by atoms with Crippen LogP contribution in [-0.4, -0.2) is 115 Å².